The highest BCUT2D eigenvalue weighted by molar-refractivity contribution is 5.67. The van der Waals surface area contributed by atoms with E-state index < -0.39 is 6.09 Å². The van der Waals surface area contributed by atoms with Crippen molar-refractivity contribution in [2.24, 2.45) is 7.05 Å². The zero-order chi connectivity index (χ0) is 9.47. The zero-order valence-corrected chi connectivity index (χ0v) is 7.32. The molecule has 5 heteroatoms. The van der Waals surface area contributed by atoms with Gasteiger partial charge in [-0.25, -0.2) is 4.79 Å². The van der Waals surface area contributed by atoms with Crippen LogP contribution in [-0.2, 0) is 12.6 Å². The molecular weight excluding hydrogens is 170 g/mol. The van der Waals surface area contributed by atoms with Crippen LogP contribution in [-0.4, -0.2) is 21.0 Å². The summed E-state index contributed by atoms with van der Waals surface area (Å²) in [5.74, 6) is 0. The van der Waals surface area contributed by atoms with E-state index in [4.69, 9.17) is 5.11 Å². The third kappa shape index (κ3) is 1.37. The molecule has 1 fully saturated rings. The Morgan fingerprint density at radius 2 is 2.46 bits per heavy atom. The summed E-state index contributed by atoms with van der Waals surface area (Å²) in [6.07, 6.45) is 4.32. The van der Waals surface area contributed by atoms with Crippen molar-refractivity contribution in [3.63, 3.8) is 0 Å². The van der Waals surface area contributed by atoms with Gasteiger partial charge in [0.15, 0.2) is 0 Å². The highest BCUT2D eigenvalue weighted by atomic mass is 16.4. The first-order valence-electron chi connectivity index (χ1n) is 4.13. The number of aromatic nitrogens is 2. The third-order valence-electron chi connectivity index (χ3n) is 2.35. The van der Waals surface area contributed by atoms with Crippen LogP contribution in [0.25, 0.3) is 0 Å². The molecule has 1 aromatic rings. The highest BCUT2D eigenvalue weighted by Gasteiger charge is 2.46. The van der Waals surface area contributed by atoms with E-state index in [-0.39, 0.29) is 5.54 Å². The Labute approximate surface area is 75.4 Å². The van der Waals surface area contributed by atoms with Crippen LogP contribution in [0.15, 0.2) is 12.4 Å². The molecule has 13 heavy (non-hydrogen) atoms. The molecule has 2 rings (SSSR count). The Morgan fingerprint density at radius 3 is 2.85 bits per heavy atom. The normalized spacial score (nSPS) is 18.2. The molecule has 70 valence electrons. The fourth-order valence-corrected chi connectivity index (χ4v) is 1.48. The van der Waals surface area contributed by atoms with Crippen LogP contribution < -0.4 is 5.32 Å². The van der Waals surface area contributed by atoms with Gasteiger partial charge in [-0.3, -0.25) is 4.68 Å². The van der Waals surface area contributed by atoms with E-state index in [0.717, 1.165) is 18.4 Å². The van der Waals surface area contributed by atoms with Gasteiger partial charge in [0.1, 0.15) is 0 Å². The van der Waals surface area contributed by atoms with Crippen molar-refractivity contribution in [3.8, 4) is 0 Å². The number of rotatable bonds is 2. The minimum Gasteiger partial charge on any atom is -0.465 e. The van der Waals surface area contributed by atoms with Gasteiger partial charge in [0.25, 0.3) is 0 Å². The summed E-state index contributed by atoms with van der Waals surface area (Å²) >= 11 is 0. The lowest BCUT2D eigenvalue weighted by molar-refractivity contribution is 0.188. The maximum atomic E-state index is 10.5. The second kappa shape index (κ2) is 2.48. The van der Waals surface area contributed by atoms with Crippen molar-refractivity contribution in [1.29, 1.82) is 0 Å². The zero-order valence-electron chi connectivity index (χ0n) is 7.32. The smallest absolute Gasteiger partial charge is 0.405 e. The predicted molar refractivity (Wildman–Crippen MR) is 45.3 cm³/mol. The van der Waals surface area contributed by atoms with Gasteiger partial charge in [-0.05, 0) is 12.8 Å². The minimum absolute atomic E-state index is 0.347. The van der Waals surface area contributed by atoms with E-state index in [1.807, 2.05) is 13.2 Å². The van der Waals surface area contributed by atoms with Crippen LogP contribution in [0.4, 0.5) is 4.79 Å². The van der Waals surface area contributed by atoms with Gasteiger partial charge in [-0.2, -0.15) is 5.10 Å². The number of amides is 1. The number of carbonyl (C=O) groups is 1. The summed E-state index contributed by atoms with van der Waals surface area (Å²) in [6.45, 7) is 0. The predicted octanol–water partition coefficient (Wildman–Crippen LogP) is 0.677. The molecule has 0 aromatic carbocycles. The van der Waals surface area contributed by atoms with E-state index in [0.29, 0.717) is 0 Å². The van der Waals surface area contributed by atoms with Crippen molar-refractivity contribution in [1.82, 2.24) is 15.1 Å². The Hall–Kier alpha value is -1.52. The summed E-state index contributed by atoms with van der Waals surface area (Å²) in [5.41, 5.74) is 0.609. The first kappa shape index (κ1) is 8.10. The number of carboxylic acid groups (broad SMARTS) is 1. The molecule has 1 amide bonds. The number of nitrogens with zero attached hydrogens (tertiary/aromatic N) is 2. The summed E-state index contributed by atoms with van der Waals surface area (Å²) < 4.78 is 1.68. The molecule has 1 aliphatic rings. The van der Waals surface area contributed by atoms with Crippen LogP contribution in [0.1, 0.15) is 18.4 Å². The Kier molecular flexibility index (Phi) is 1.55. The molecule has 0 spiro atoms. The molecular formula is C8H11N3O2. The minimum atomic E-state index is -0.971. The number of hydrogen-bond donors (Lipinski definition) is 2. The second-order valence-corrected chi connectivity index (χ2v) is 3.41. The van der Waals surface area contributed by atoms with E-state index >= 15 is 0 Å². The van der Waals surface area contributed by atoms with Crippen molar-refractivity contribution in [2.45, 2.75) is 18.4 Å². The van der Waals surface area contributed by atoms with E-state index in [2.05, 4.69) is 10.4 Å². The topological polar surface area (TPSA) is 67.2 Å². The average Bonchev–Trinajstić information content (AvgIpc) is 2.65. The molecule has 0 saturated heterocycles. The van der Waals surface area contributed by atoms with Crippen LogP contribution in [0.3, 0.4) is 0 Å². The van der Waals surface area contributed by atoms with Crippen LogP contribution in [0.5, 0.6) is 0 Å². The summed E-state index contributed by atoms with van der Waals surface area (Å²) in [6, 6.07) is 0. The second-order valence-electron chi connectivity index (χ2n) is 3.41. The average molecular weight is 181 g/mol. The quantitative estimate of drug-likeness (QED) is 0.704. The van der Waals surface area contributed by atoms with E-state index in [9.17, 15) is 4.79 Å². The molecule has 1 saturated carbocycles. The molecule has 0 bridgehead atoms. The molecule has 1 heterocycles. The van der Waals surface area contributed by atoms with Gasteiger partial charge < -0.3 is 10.4 Å². The van der Waals surface area contributed by atoms with Gasteiger partial charge >= 0.3 is 6.09 Å². The van der Waals surface area contributed by atoms with Gasteiger partial charge in [0, 0.05) is 18.8 Å². The third-order valence-corrected chi connectivity index (χ3v) is 2.35. The molecule has 2 N–H and O–H groups in total. The molecule has 1 aliphatic carbocycles. The van der Waals surface area contributed by atoms with Crippen molar-refractivity contribution in [3.05, 3.63) is 18.0 Å². The number of hydrogen-bond acceptors (Lipinski definition) is 2. The van der Waals surface area contributed by atoms with Gasteiger partial charge in [0.2, 0.25) is 0 Å². The van der Waals surface area contributed by atoms with E-state index in [1.54, 1.807) is 10.9 Å². The van der Waals surface area contributed by atoms with Gasteiger partial charge in [-0.1, -0.05) is 0 Å². The molecule has 0 radical (unpaired) electrons. The monoisotopic (exact) mass is 181 g/mol. The maximum Gasteiger partial charge on any atom is 0.405 e. The fraction of sp³-hybridized carbons (Fsp3) is 0.500. The number of nitrogens with one attached hydrogen (secondary N) is 1. The molecule has 1 aromatic heterocycles. The van der Waals surface area contributed by atoms with Crippen LogP contribution >= 0.6 is 0 Å². The van der Waals surface area contributed by atoms with E-state index in [1.165, 1.54) is 0 Å². The largest absolute Gasteiger partial charge is 0.465 e. The van der Waals surface area contributed by atoms with Gasteiger partial charge in [-0.15, -0.1) is 0 Å². The molecule has 0 aliphatic heterocycles. The standard InChI is InChI=1S/C8H11N3O2/c1-11-5-6(4-9-11)8(2-3-8)10-7(12)13/h4-5,10H,2-3H2,1H3,(H,12,13). The summed E-state index contributed by atoms with van der Waals surface area (Å²) in [5, 5.41) is 15.2. The molecule has 0 atom stereocenters. The summed E-state index contributed by atoms with van der Waals surface area (Å²) in [7, 11) is 1.82. The molecule has 5 nitrogen and oxygen atoms in total. The first-order valence-corrected chi connectivity index (χ1v) is 4.13. The first-order chi connectivity index (χ1) is 6.12. The summed E-state index contributed by atoms with van der Waals surface area (Å²) in [4.78, 5) is 10.5. The Morgan fingerprint density at radius 1 is 1.77 bits per heavy atom. The fourth-order valence-electron chi connectivity index (χ4n) is 1.48. The Bertz CT molecular complexity index is 341. The highest BCUT2D eigenvalue weighted by Crippen LogP contribution is 2.45. The van der Waals surface area contributed by atoms with Gasteiger partial charge in [0.05, 0.1) is 11.7 Å². The van der Waals surface area contributed by atoms with Crippen molar-refractivity contribution >= 4 is 6.09 Å². The lowest BCUT2D eigenvalue weighted by Crippen LogP contribution is -2.33. The lowest BCUT2D eigenvalue weighted by Gasteiger charge is -2.11. The van der Waals surface area contributed by atoms with Crippen LogP contribution in [0, 0.1) is 0 Å². The van der Waals surface area contributed by atoms with Crippen molar-refractivity contribution < 1.29 is 9.90 Å². The lowest BCUT2D eigenvalue weighted by atomic mass is 10.1. The van der Waals surface area contributed by atoms with Crippen LogP contribution in [0.2, 0.25) is 0 Å². The van der Waals surface area contributed by atoms with Crippen molar-refractivity contribution in [2.75, 3.05) is 0 Å². The number of aryl methyl sites for hydroxylation is 1. The molecule has 0 unspecified atom stereocenters. The Balaban J connectivity index is 2.20. The maximum absolute atomic E-state index is 10.5. The SMILES string of the molecule is Cn1cc(C2(NC(=O)O)CC2)cn1.